The fraction of sp³-hybridized carbons (Fsp3) is 0.200. The van der Waals surface area contributed by atoms with Gasteiger partial charge in [0.25, 0.3) is 5.91 Å². The Labute approximate surface area is 239 Å². The lowest BCUT2D eigenvalue weighted by molar-refractivity contribution is -0.122. The Morgan fingerprint density at radius 3 is 2.73 bits per heavy atom. The molecule has 4 heterocycles. The molecule has 4 N–H and O–H groups in total. The van der Waals surface area contributed by atoms with Gasteiger partial charge in [-0.15, -0.1) is 11.3 Å². The van der Waals surface area contributed by atoms with Gasteiger partial charge in [0.2, 0.25) is 0 Å². The molecule has 0 spiro atoms. The van der Waals surface area contributed by atoms with Gasteiger partial charge in [0.15, 0.2) is 5.78 Å². The van der Waals surface area contributed by atoms with Crippen molar-refractivity contribution < 1.29 is 24.2 Å². The number of hydrogen-bond acceptors (Lipinski definition) is 8. The Bertz CT molecular complexity index is 1700. The summed E-state index contributed by atoms with van der Waals surface area (Å²) in [6, 6.07) is 16.2. The van der Waals surface area contributed by atoms with Crippen LogP contribution < -0.4 is 25.6 Å². The minimum Gasteiger partial charge on any atom is -0.457 e. The first-order valence-electron chi connectivity index (χ1n) is 13.0. The van der Waals surface area contributed by atoms with Crippen LogP contribution in [0.15, 0.2) is 73.4 Å². The number of hydrogen-bond donors (Lipinski definition) is 4. The number of rotatable bonds is 7. The number of amides is 3. The van der Waals surface area contributed by atoms with Crippen molar-refractivity contribution in [1.29, 1.82) is 0 Å². The lowest BCUT2D eigenvalue weighted by Crippen LogP contribution is -2.65. The number of β-amino-alcohol motifs (C(OH)–C–C–N with tert-alkyl or cyclic N) is 1. The summed E-state index contributed by atoms with van der Waals surface area (Å²) in [6.07, 6.45) is 1.97. The molecule has 10 nitrogen and oxygen atoms in total. The van der Waals surface area contributed by atoms with Crippen LogP contribution in [0.1, 0.15) is 21.7 Å². The second-order valence-corrected chi connectivity index (χ2v) is 11.0. The molecule has 4 aromatic rings. The zero-order valence-corrected chi connectivity index (χ0v) is 23.0. The molecule has 41 heavy (non-hydrogen) atoms. The summed E-state index contributed by atoms with van der Waals surface area (Å²) in [6.45, 7) is 5.92. The highest BCUT2D eigenvalue weighted by atomic mass is 32.1. The zero-order valence-electron chi connectivity index (χ0n) is 22.1. The molecule has 0 unspecified atom stereocenters. The van der Waals surface area contributed by atoms with Crippen molar-refractivity contribution in [2.45, 2.75) is 25.0 Å². The van der Waals surface area contributed by atoms with Crippen molar-refractivity contribution in [2.24, 2.45) is 0 Å². The summed E-state index contributed by atoms with van der Waals surface area (Å²) in [4.78, 5) is 46.8. The van der Waals surface area contributed by atoms with Gasteiger partial charge in [0.05, 0.1) is 28.6 Å². The Morgan fingerprint density at radius 2 is 2.00 bits per heavy atom. The number of carbonyl (C=O) groups excluding carboxylic acids is 3. The van der Waals surface area contributed by atoms with E-state index < -0.39 is 29.4 Å². The maximum absolute atomic E-state index is 13.6. The van der Waals surface area contributed by atoms with Crippen LogP contribution in [0.25, 0.3) is 10.2 Å². The molecule has 2 aliphatic heterocycles. The van der Waals surface area contributed by atoms with Crippen LogP contribution in [0, 0.1) is 6.92 Å². The Hall–Kier alpha value is -4.58. The molecule has 11 heteroatoms. The number of ether oxygens (including phenoxy) is 1. The number of benzene rings is 2. The largest absolute Gasteiger partial charge is 0.457 e. The van der Waals surface area contributed by atoms with Crippen molar-refractivity contribution in [3.63, 3.8) is 0 Å². The highest BCUT2D eigenvalue weighted by molar-refractivity contribution is 7.21. The number of ketones is 1. The van der Waals surface area contributed by atoms with Crippen LogP contribution in [0.4, 0.5) is 21.9 Å². The van der Waals surface area contributed by atoms with Gasteiger partial charge in [-0.3, -0.25) is 14.5 Å². The van der Waals surface area contributed by atoms with E-state index in [2.05, 4.69) is 27.5 Å². The molecular weight excluding hydrogens is 542 g/mol. The van der Waals surface area contributed by atoms with E-state index >= 15 is 0 Å². The fourth-order valence-electron chi connectivity index (χ4n) is 5.36. The minimum absolute atomic E-state index is 0.0454. The summed E-state index contributed by atoms with van der Waals surface area (Å²) in [7, 11) is 0. The van der Waals surface area contributed by atoms with Gasteiger partial charge in [0, 0.05) is 25.7 Å². The van der Waals surface area contributed by atoms with Gasteiger partial charge in [0.1, 0.15) is 26.7 Å². The summed E-state index contributed by atoms with van der Waals surface area (Å²) >= 11 is 1.12. The van der Waals surface area contributed by atoms with Gasteiger partial charge in [-0.25, -0.2) is 9.78 Å². The van der Waals surface area contributed by atoms with Crippen LogP contribution >= 0.6 is 11.3 Å². The van der Waals surface area contributed by atoms with Crippen LogP contribution in [0.5, 0.6) is 11.5 Å². The van der Waals surface area contributed by atoms with E-state index in [1.807, 2.05) is 49.4 Å². The zero-order chi connectivity index (χ0) is 28.7. The number of aliphatic hydroxyl groups is 1. The molecule has 6 rings (SSSR count). The lowest BCUT2D eigenvalue weighted by Gasteiger charge is -2.38. The standard InChI is InChI=1S/C30H27N5O5S/c1-3-23(37)30(14-18(36)15-31-16-30)34-27(38)26-25-24-22(11-12-32-28(24)41-26)35(29(39)33-25)21-10-9-20(13-17(21)2)40-19-7-5-4-6-8-19/h3-13,18,31,36H,1,14-16H2,2H3,(H,33,39)(H,34,38)/t18-,30+/m0/s1. The van der Waals surface area contributed by atoms with E-state index in [-0.39, 0.29) is 17.8 Å². The average molecular weight is 570 g/mol. The smallest absolute Gasteiger partial charge is 0.331 e. The van der Waals surface area contributed by atoms with Gasteiger partial charge < -0.3 is 25.8 Å². The van der Waals surface area contributed by atoms with Crippen molar-refractivity contribution in [1.82, 2.24) is 15.6 Å². The predicted molar refractivity (Wildman–Crippen MR) is 157 cm³/mol. The number of aromatic nitrogens is 1. The van der Waals surface area contributed by atoms with E-state index in [1.165, 1.54) is 0 Å². The fourth-order valence-corrected chi connectivity index (χ4v) is 6.38. The van der Waals surface area contributed by atoms with Gasteiger partial charge >= 0.3 is 6.03 Å². The first-order valence-corrected chi connectivity index (χ1v) is 13.9. The third kappa shape index (κ3) is 4.73. The second-order valence-electron chi connectivity index (χ2n) is 10.0. The SMILES string of the molecule is C=CC(=O)[C@]1(NC(=O)c2sc3nccc4c3c2NC(=O)N4c2ccc(Oc3ccccc3)cc2C)CNC[C@@H](O)C1. The molecule has 2 aliphatic rings. The van der Waals surface area contributed by atoms with E-state index in [0.717, 1.165) is 23.0 Å². The molecule has 2 aromatic heterocycles. The van der Waals surface area contributed by atoms with Gasteiger partial charge in [-0.2, -0.15) is 0 Å². The molecule has 2 atom stereocenters. The molecule has 0 bridgehead atoms. The number of pyridine rings is 1. The molecule has 3 amide bonds. The average Bonchev–Trinajstić information content (AvgIpc) is 3.33. The van der Waals surface area contributed by atoms with Crippen molar-refractivity contribution >= 4 is 56.3 Å². The number of thiophene rings is 1. The highest BCUT2D eigenvalue weighted by Gasteiger charge is 2.43. The van der Waals surface area contributed by atoms with Crippen molar-refractivity contribution in [3.05, 3.63) is 83.9 Å². The van der Waals surface area contributed by atoms with E-state index in [0.29, 0.717) is 45.3 Å². The normalized spacial score (nSPS) is 19.9. The molecule has 1 fully saturated rings. The first-order chi connectivity index (χ1) is 19.8. The van der Waals surface area contributed by atoms with Crippen LogP contribution in [0.3, 0.4) is 0 Å². The van der Waals surface area contributed by atoms with Crippen LogP contribution in [0.2, 0.25) is 0 Å². The maximum Gasteiger partial charge on any atom is 0.331 e. The van der Waals surface area contributed by atoms with Crippen LogP contribution in [-0.2, 0) is 4.79 Å². The highest BCUT2D eigenvalue weighted by Crippen LogP contribution is 2.46. The molecular formula is C30H27N5O5S. The van der Waals surface area contributed by atoms with Crippen molar-refractivity contribution in [3.8, 4) is 11.5 Å². The monoisotopic (exact) mass is 569 g/mol. The number of nitrogens with zero attached hydrogens (tertiary/aromatic N) is 2. The molecule has 0 aliphatic carbocycles. The molecule has 1 saturated heterocycles. The van der Waals surface area contributed by atoms with Crippen molar-refractivity contribution in [2.75, 3.05) is 23.3 Å². The molecule has 2 aromatic carbocycles. The molecule has 0 radical (unpaired) electrons. The van der Waals surface area contributed by atoms with Crippen LogP contribution in [-0.4, -0.2) is 52.5 Å². The molecule has 0 saturated carbocycles. The summed E-state index contributed by atoms with van der Waals surface area (Å²) in [5.74, 6) is 0.383. The predicted octanol–water partition coefficient (Wildman–Crippen LogP) is 4.66. The Balaban J connectivity index is 1.35. The number of para-hydroxylation sites is 1. The summed E-state index contributed by atoms with van der Waals surface area (Å²) in [5.41, 5.74) is 1.01. The van der Waals surface area contributed by atoms with E-state index in [9.17, 15) is 19.5 Å². The lowest BCUT2D eigenvalue weighted by atomic mass is 9.84. The third-order valence-corrected chi connectivity index (χ3v) is 8.34. The number of nitrogens with one attached hydrogen (secondary N) is 3. The number of aliphatic hydroxyl groups excluding tert-OH is 1. The summed E-state index contributed by atoms with van der Waals surface area (Å²) in [5, 5.41) is 19.6. The summed E-state index contributed by atoms with van der Waals surface area (Å²) < 4.78 is 5.95. The van der Waals surface area contributed by atoms with E-state index in [1.54, 1.807) is 23.2 Å². The second kappa shape index (κ2) is 10.4. The third-order valence-electron chi connectivity index (χ3n) is 7.24. The number of urea groups is 1. The quantitative estimate of drug-likeness (QED) is 0.238. The number of carbonyl (C=O) groups is 3. The minimum atomic E-state index is -1.36. The number of aryl methyl sites for hydroxylation is 1. The Morgan fingerprint density at radius 1 is 1.20 bits per heavy atom. The number of piperidine rings is 1. The topological polar surface area (TPSA) is 133 Å². The maximum atomic E-state index is 13.6. The van der Waals surface area contributed by atoms with Gasteiger partial charge in [-0.05, 0) is 55.0 Å². The Kier molecular flexibility index (Phi) is 6.78. The molecule has 208 valence electrons. The first kappa shape index (κ1) is 26.6. The number of anilines is 3. The van der Waals surface area contributed by atoms with Gasteiger partial charge in [-0.1, -0.05) is 24.8 Å². The van der Waals surface area contributed by atoms with E-state index in [4.69, 9.17) is 4.74 Å².